The molecular formula is C24H26F3N3O4. The molecule has 0 spiro atoms. The van der Waals surface area contributed by atoms with Gasteiger partial charge in [0.15, 0.2) is 5.82 Å². The lowest BCUT2D eigenvalue weighted by atomic mass is 10.0. The number of hydrogen-bond acceptors (Lipinski definition) is 5. The van der Waals surface area contributed by atoms with Crippen LogP contribution in [-0.2, 0) is 23.8 Å². The molecular weight excluding hydrogens is 451 g/mol. The molecule has 2 heterocycles. The van der Waals surface area contributed by atoms with Gasteiger partial charge in [-0.25, -0.2) is 9.67 Å². The van der Waals surface area contributed by atoms with E-state index in [1.807, 2.05) is 13.8 Å². The molecule has 10 heteroatoms. The minimum Gasteiger partial charge on any atom is -0.496 e. The summed E-state index contributed by atoms with van der Waals surface area (Å²) >= 11 is 0. The van der Waals surface area contributed by atoms with E-state index in [9.17, 15) is 23.1 Å². The van der Waals surface area contributed by atoms with E-state index < -0.39 is 17.7 Å². The lowest BCUT2D eigenvalue weighted by Gasteiger charge is -2.13. The number of ether oxygens (including phenoxy) is 2. The average Bonchev–Trinajstić information content (AvgIpc) is 3.21. The van der Waals surface area contributed by atoms with Gasteiger partial charge in [0.25, 0.3) is 0 Å². The quantitative estimate of drug-likeness (QED) is 0.411. The normalized spacial score (nSPS) is 11.6. The fraction of sp³-hybridized carbons (Fsp3) is 0.375. The van der Waals surface area contributed by atoms with E-state index >= 15 is 0 Å². The maximum absolute atomic E-state index is 12.8. The van der Waals surface area contributed by atoms with Crippen molar-refractivity contribution in [3.63, 3.8) is 0 Å². The molecule has 0 bridgehead atoms. The van der Waals surface area contributed by atoms with Crippen LogP contribution in [0.15, 0.2) is 42.7 Å². The van der Waals surface area contributed by atoms with Gasteiger partial charge < -0.3 is 14.6 Å². The first-order valence-electron chi connectivity index (χ1n) is 10.7. The SMILES string of the molecule is COc1cccc(OCCCc2cn(-c3ccc(C(F)(F)F)cn3)nc2C(C)C)c1CC(=O)O. The first-order valence-corrected chi connectivity index (χ1v) is 10.7. The van der Waals surface area contributed by atoms with Gasteiger partial charge in [0.1, 0.15) is 11.5 Å². The first kappa shape index (κ1) is 25.1. The van der Waals surface area contributed by atoms with Crippen LogP contribution in [0.3, 0.4) is 0 Å². The van der Waals surface area contributed by atoms with Crippen molar-refractivity contribution in [3.05, 3.63) is 65.1 Å². The highest BCUT2D eigenvalue weighted by molar-refractivity contribution is 5.72. The Hall–Kier alpha value is -3.56. The van der Waals surface area contributed by atoms with Crippen molar-refractivity contribution >= 4 is 5.97 Å². The van der Waals surface area contributed by atoms with Gasteiger partial charge in [-0.05, 0) is 48.6 Å². The van der Waals surface area contributed by atoms with Crippen LogP contribution in [0.4, 0.5) is 13.2 Å². The summed E-state index contributed by atoms with van der Waals surface area (Å²) in [6.07, 6.45) is -0.864. The summed E-state index contributed by atoms with van der Waals surface area (Å²) in [7, 11) is 1.47. The molecule has 0 amide bonds. The minimum absolute atomic E-state index is 0.104. The van der Waals surface area contributed by atoms with Gasteiger partial charge in [0.2, 0.25) is 0 Å². The van der Waals surface area contributed by atoms with Crippen LogP contribution in [0.25, 0.3) is 5.82 Å². The van der Waals surface area contributed by atoms with Crippen LogP contribution in [0.2, 0.25) is 0 Å². The summed E-state index contributed by atoms with van der Waals surface area (Å²) in [5.74, 6) is 0.322. The van der Waals surface area contributed by atoms with Crippen molar-refractivity contribution in [1.29, 1.82) is 0 Å². The first-order chi connectivity index (χ1) is 16.1. The summed E-state index contributed by atoms with van der Waals surface area (Å²) in [5.41, 5.74) is 1.43. The van der Waals surface area contributed by atoms with Crippen molar-refractivity contribution < 1.29 is 32.5 Å². The topological polar surface area (TPSA) is 86.5 Å². The number of nitrogens with zero attached hydrogens (tertiary/aromatic N) is 3. The number of carbonyl (C=O) groups is 1. The Balaban J connectivity index is 1.70. The number of pyridine rings is 1. The second-order valence-electron chi connectivity index (χ2n) is 8.00. The Morgan fingerprint density at radius 1 is 1.18 bits per heavy atom. The van der Waals surface area contributed by atoms with Crippen molar-refractivity contribution in [1.82, 2.24) is 14.8 Å². The minimum atomic E-state index is -4.45. The molecule has 0 aliphatic rings. The summed E-state index contributed by atoms with van der Waals surface area (Å²) in [6.45, 7) is 4.31. The molecule has 34 heavy (non-hydrogen) atoms. The Morgan fingerprint density at radius 3 is 2.50 bits per heavy atom. The fourth-order valence-corrected chi connectivity index (χ4v) is 3.55. The third-order valence-corrected chi connectivity index (χ3v) is 5.17. The van der Waals surface area contributed by atoms with Gasteiger partial charge in [0.05, 0.1) is 31.4 Å². The third-order valence-electron chi connectivity index (χ3n) is 5.17. The number of halogens is 3. The number of benzene rings is 1. The van der Waals surface area contributed by atoms with Gasteiger partial charge in [-0.3, -0.25) is 4.79 Å². The van der Waals surface area contributed by atoms with Crippen molar-refractivity contribution in [2.45, 2.75) is 45.2 Å². The van der Waals surface area contributed by atoms with E-state index in [-0.39, 0.29) is 12.3 Å². The van der Waals surface area contributed by atoms with E-state index in [0.717, 1.165) is 23.5 Å². The standard InChI is InChI=1S/C24H26F3N3O4/c1-15(2)23-16(14-30(29-23)21-10-9-17(13-28-21)24(25,26)27)6-5-11-34-20-8-4-7-19(33-3)18(20)12-22(31)32/h4,7-10,13-15H,5-6,11-12H2,1-3H3,(H,31,32). The van der Waals surface area contributed by atoms with Crippen molar-refractivity contribution in [2.24, 2.45) is 0 Å². The van der Waals surface area contributed by atoms with Crippen LogP contribution in [-0.4, -0.2) is 39.6 Å². The number of aliphatic carboxylic acids is 1. The van der Waals surface area contributed by atoms with Gasteiger partial charge in [-0.15, -0.1) is 0 Å². The number of methoxy groups -OCH3 is 1. The Kier molecular flexibility index (Phi) is 7.80. The highest BCUT2D eigenvalue weighted by atomic mass is 19.4. The number of carboxylic acid groups (broad SMARTS) is 1. The number of rotatable bonds is 10. The number of aryl methyl sites for hydroxylation is 1. The monoisotopic (exact) mass is 477 g/mol. The van der Waals surface area contributed by atoms with E-state index in [1.54, 1.807) is 24.4 Å². The molecule has 3 rings (SSSR count). The number of hydrogen-bond donors (Lipinski definition) is 1. The van der Waals surface area contributed by atoms with Crippen LogP contribution >= 0.6 is 0 Å². The molecule has 3 aromatic rings. The third kappa shape index (κ3) is 6.06. The molecule has 0 unspecified atom stereocenters. The molecule has 0 aliphatic carbocycles. The highest BCUT2D eigenvalue weighted by Gasteiger charge is 2.30. The predicted octanol–water partition coefficient (Wildman–Crippen LogP) is 5.06. The second kappa shape index (κ2) is 10.6. The molecule has 1 N–H and O–H groups in total. The molecule has 0 saturated heterocycles. The summed E-state index contributed by atoms with van der Waals surface area (Å²) in [6, 6.07) is 7.39. The highest BCUT2D eigenvalue weighted by Crippen LogP contribution is 2.30. The van der Waals surface area contributed by atoms with Crippen LogP contribution in [0.5, 0.6) is 11.5 Å². The van der Waals surface area contributed by atoms with Crippen LogP contribution < -0.4 is 9.47 Å². The predicted molar refractivity (Wildman–Crippen MR) is 119 cm³/mol. The zero-order valence-corrected chi connectivity index (χ0v) is 19.1. The van der Waals surface area contributed by atoms with Gasteiger partial charge in [0, 0.05) is 18.0 Å². The van der Waals surface area contributed by atoms with E-state index in [2.05, 4.69) is 10.1 Å². The number of aromatic nitrogens is 3. The smallest absolute Gasteiger partial charge is 0.417 e. The zero-order valence-electron chi connectivity index (χ0n) is 19.1. The molecule has 0 aliphatic heterocycles. The lowest BCUT2D eigenvalue weighted by molar-refractivity contribution is -0.138. The Bertz CT molecular complexity index is 1130. The fourth-order valence-electron chi connectivity index (χ4n) is 3.55. The Morgan fingerprint density at radius 2 is 1.91 bits per heavy atom. The zero-order chi connectivity index (χ0) is 24.9. The van der Waals surface area contributed by atoms with Gasteiger partial charge in [-0.2, -0.15) is 18.3 Å². The summed E-state index contributed by atoms with van der Waals surface area (Å²) < 4.78 is 51.0. The number of alkyl halides is 3. The molecule has 1 aromatic carbocycles. The molecule has 0 fully saturated rings. The molecule has 2 aromatic heterocycles. The molecule has 7 nitrogen and oxygen atoms in total. The molecule has 0 saturated carbocycles. The molecule has 0 atom stereocenters. The maximum Gasteiger partial charge on any atom is 0.417 e. The van der Waals surface area contributed by atoms with Crippen molar-refractivity contribution in [3.8, 4) is 17.3 Å². The molecule has 0 radical (unpaired) electrons. The Labute approximate surface area is 195 Å². The molecule has 182 valence electrons. The van der Waals surface area contributed by atoms with Gasteiger partial charge >= 0.3 is 12.1 Å². The number of carboxylic acids is 1. The van der Waals surface area contributed by atoms with Crippen LogP contribution in [0.1, 0.15) is 48.6 Å². The summed E-state index contributed by atoms with van der Waals surface area (Å²) in [4.78, 5) is 15.1. The van der Waals surface area contributed by atoms with E-state index in [1.165, 1.54) is 17.9 Å². The van der Waals surface area contributed by atoms with E-state index in [4.69, 9.17) is 9.47 Å². The summed E-state index contributed by atoms with van der Waals surface area (Å²) in [5, 5.41) is 13.7. The maximum atomic E-state index is 12.8. The second-order valence-corrected chi connectivity index (χ2v) is 8.00. The average molecular weight is 477 g/mol. The van der Waals surface area contributed by atoms with E-state index in [0.29, 0.717) is 42.3 Å². The lowest BCUT2D eigenvalue weighted by Crippen LogP contribution is -2.07. The van der Waals surface area contributed by atoms with Crippen LogP contribution in [0, 0.1) is 0 Å². The largest absolute Gasteiger partial charge is 0.496 e. The van der Waals surface area contributed by atoms with Crippen molar-refractivity contribution in [2.75, 3.05) is 13.7 Å². The van der Waals surface area contributed by atoms with Gasteiger partial charge in [-0.1, -0.05) is 19.9 Å².